The first-order valence-electron chi connectivity index (χ1n) is 5.86. The molecule has 88 valence electrons. The van der Waals surface area contributed by atoms with Crippen molar-refractivity contribution in [1.82, 2.24) is 0 Å². The van der Waals surface area contributed by atoms with Crippen molar-refractivity contribution in [3.05, 3.63) is 29.3 Å². The highest BCUT2D eigenvalue weighted by Crippen LogP contribution is 2.22. The van der Waals surface area contributed by atoms with Crippen molar-refractivity contribution in [2.45, 2.75) is 34.6 Å². The zero-order valence-electron chi connectivity index (χ0n) is 10.9. The molecule has 1 aromatic carbocycles. The summed E-state index contributed by atoms with van der Waals surface area (Å²) in [5.74, 6) is 0.232. The van der Waals surface area contributed by atoms with Gasteiger partial charge in [0.2, 0.25) is 5.91 Å². The Hall–Kier alpha value is -1.31. The van der Waals surface area contributed by atoms with E-state index in [0.717, 1.165) is 17.8 Å². The number of benzene rings is 1. The maximum atomic E-state index is 12.0. The maximum absolute atomic E-state index is 12.0. The van der Waals surface area contributed by atoms with Crippen LogP contribution in [0.15, 0.2) is 18.2 Å². The van der Waals surface area contributed by atoms with Gasteiger partial charge in [-0.1, -0.05) is 31.5 Å². The fourth-order valence-electron chi connectivity index (χ4n) is 1.86. The summed E-state index contributed by atoms with van der Waals surface area (Å²) in [4.78, 5) is 13.9. The number of anilines is 1. The first-order valence-corrected chi connectivity index (χ1v) is 5.86. The van der Waals surface area contributed by atoms with Gasteiger partial charge in [0.05, 0.1) is 0 Å². The Morgan fingerprint density at radius 2 is 1.94 bits per heavy atom. The lowest BCUT2D eigenvalue weighted by Crippen LogP contribution is -2.34. The summed E-state index contributed by atoms with van der Waals surface area (Å²) in [6, 6.07) is 6.21. The van der Waals surface area contributed by atoms with Crippen molar-refractivity contribution in [3.63, 3.8) is 0 Å². The van der Waals surface area contributed by atoms with E-state index in [2.05, 4.69) is 26.0 Å². The van der Waals surface area contributed by atoms with Gasteiger partial charge in [0.25, 0.3) is 0 Å². The van der Waals surface area contributed by atoms with Crippen LogP contribution in [0.3, 0.4) is 0 Å². The number of amides is 1. The second kappa shape index (κ2) is 5.15. The van der Waals surface area contributed by atoms with Crippen molar-refractivity contribution in [2.75, 3.05) is 11.4 Å². The highest BCUT2D eigenvalue weighted by atomic mass is 16.2. The van der Waals surface area contributed by atoms with Crippen LogP contribution >= 0.6 is 0 Å². The quantitative estimate of drug-likeness (QED) is 0.763. The normalized spacial score (nSPS) is 10.6. The highest BCUT2D eigenvalue weighted by Gasteiger charge is 2.18. The molecule has 0 aliphatic heterocycles. The van der Waals surface area contributed by atoms with Gasteiger partial charge in [-0.25, -0.2) is 0 Å². The standard InChI is InChI=1S/C14H21NO/c1-6-15(14(16)10(2)3)13-8-7-11(4)9-12(13)5/h7-10H,6H2,1-5H3. The Morgan fingerprint density at radius 1 is 1.31 bits per heavy atom. The largest absolute Gasteiger partial charge is 0.312 e. The van der Waals surface area contributed by atoms with Crippen LogP contribution in [0.25, 0.3) is 0 Å². The van der Waals surface area contributed by atoms with Gasteiger partial charge in [0.15, 0.2) is 0 Å². The number of hydrogen-bond acceptors (Lipinski definition) is 1. The molecule has 0 spiro atoms. The van der Waals surface area contributed by atoms with Crippen LogP contribution in [0.1, 0.15) is 31.9 Å². The maximum Gasteiger partial charge on any atom is 0.229 e. The second-order valence-electron chi connectivity index (χ2n) is 4.53. The number of hydrogen-bond donors (Lipinski definition) is 0. The number of rotatable bonds is 3. The Morgan fingerprint density at radius 3 is 2.38 bits per heavy atom. The molecule has 0 saturated heterocycles. The first kappa shape index (κ1) is 12.8. The van der Waals surface area contributed by atoms with Gasteiger partial charge in [-0.2, -0.15) is 0 Å². The van der Waals surface area contributed by atoms with E-state index in [0.29, 0.717) is 0 Å². The molecule has 0 N–H and O–H groups in total. The van der Waals surface area contributed by atoms with E-state index >= 15 is 0 Å². The highest BCUT2D eigenvalue weighted by molar-refractivity contribution is 5.95. The van der Waals surface area contributed by atoms with Gasteiger partial charge in [-0.3, -0.25) is 4.79 Å². The zero-order valence-corrected chi connectivity index (χ0v) is 10.9. The Labute approximate surface area is 98.3 Å². The van der Waals surface area contributed by atoms with E-state index in [-0.39, 0.29) is 11.8 Å². The average molecular weight is 219 g/mol. The molecule has 0 saturated carbocycles. The van der Waals surface area contributed by atoms with Crippen LogP contribution < -0.4 is 4.90 Å². The topological polar surface area (TPSA) is 20.3 Å². The number of nitrogens with zero attached hydrogens (tertiary/aromatic N) is 1. The molecule has 1 rings (SSSR count). The van der Waals surface area contributed by atoms with Gasteiger partial charge in [0, 0.05) is 18.2 Å². The number of carbonyl (C=O) groups excluding carboxylic acids is 1. The lowest BCUT2D eigenvalue weighted by molar-refractivity contribution is -0.121. The lowest BCUT2D eigenvalue weighted by atomic mass is 10.1. The summed E-state index contributed by atoms with van der Waals surface area (Å²) in [6.45, 7) is 10.7. The van der Waals surface area contributed by atoms with E-state index in [4.69, 9.17) is 0 Å². The van der Waals surface area contributed by atoms with Crippen molar-refractivity contribution in [3.8, 4) is 0 Å². The van der Waals surface area contributed by atoms with Crippen molar-refractivity contribution < 1.29 is 4.79 Å². The third kappa shape index (κ3) is 2.63. The van der Waals surface area contributed by atoms with Crippen LogP contribution in [0.2, 0.25) is 0 Å². The van der Waals surface area contributed by atoms with Crippen LogP contribution in [-0.2, 0) is 4.79 Å². The SMILES string of the molecule is CCN(C(=O)C(C)C)c1ccc(C)cc1C. The molecule has 0 radical (unpaired) electrons. The van der Waals surface area contributed by atoms with E-state index in [1.54, 1.807) is 0 Å². The first-order chi connectivity index (χ1) is 7.47. The molecule has 16 heavy (non-hydrogen) atoms. The minimum absolute atomic E-state index is 0.0423. The smallest absolute Gasteiger partial charge is 0.229 e. The molecule has 0 fully saturated rings. The third-order valence-electron chi connectivity index (χ3n) is 2.72. The summed E-state index contributed by atoms with van der Waals surface area (Å²) in [6.07, 6.45) is 0. The third-order valence-corrected chi connectivity index (χ3v) is 2.72. The molecular weight excluding hydrogens is 198 g/mol. The number of carbonyl (C=O) groups is 1. The molecule has 0 aliphatic rings. The van der Waals surface area contributed by atoms with Gasteiger partial charge >= 0.3 is 0 Å². The fraction of sp³-hybridized carbons (Fsp3) is 0.500. The molecule has 0 aliphatic carbocycles. The molecule has 0 bridgehead atoms. The van der Waals surface area contributed by atoms with Crippen LogP contribution in [0.4, 0.5) is 5.69 Å². The monoisotopic (exact) mass is 219 g/mol. The van der Waals surface area contributed by atoms with Crippen molar-refractivity contribution >= 4 is 11.6 Å². The molecule has 1 amide bonds. The second-order valence-corrected chi connectivity index (χ2v) is 4.53. The van der Waals surface area contributed by atoms with Crippen LogP contribution in [0, 0.1) is 19.8 Å². The van der Waals surface area contributed by atoms with Crippen molar-refractivity contribution in [2.24, 2.45) is 5.92 Å². The Kier molecular flexibility index (Phi) is 4.11. The minimum atomic E-state index is 0.0423. The molecule has 0 heterocycles. The van der Waals surface area contributed by atoms with E-state index in [9.17, 15) is 4.79 Å². The molecule has 1 aromatic rings. The van der Waals surface area contributed by atoms with Gasteiger partial charge in [-0.15, -0.1) is 0 Å². The number of aryl methyl sites for hydroxylation is 2. The van der Waals surface area contributed by atoms with Gasteiger partial charge in [-0.05, 0) is 32.4 Å². The predicted octanol–water partition coefficient (Wildman–Crippen LogP) is 3.31. The van der Waals surface area contributed by atoms with Crippen molar-refractivity contribution in [1.29, 1.82) is 0 Å². The molecule has 0 aromatic heterocycles. The van der Waals surface area contributed by atoms with Gasteiger partial charge < -0.3 is 4.90 Å². The van der Waals surface area contributed by atoms with E-state index in [1.165, 1.54) is 5.56 Å². The predicted molar refractivity (Wildman–Crippen MR) is 68.8 cm³/mol. The Bertz CT molecular complexity index is 382. The summed E-state index contributed by atoms with van der Waals surface area (Å²) in [7, 11) is 0. The Balaban J connectivity index is 3.09. The fourth-order valence-corrected chi connectivity index (χ4v) is 1.86. The molecule has 0 atom stereocenters. The summed E-state index contributed by atoms with van der Waals surface area (Å²) >= 11 is 0. The molecular formula is C14H21NO. The molecule has 2 heteroatoms. The van der Waals surface area contributed by atoms with E-state index < -0.39 is 0 Å². The zero-order chi connectivity index (χ0) is 12.3. The summed E-state index contributed by atoms with van der Waals surface area (Å²) in [5, 5.41) is 0. The van der Waals surface area contributed by atoms with Crippen LogP contribution in [0.5, 0.6) is 0 Å². The molecule has 2 nitrogen and oxygen atoms in total. The van der Waals surface area contributed by atoms with Gasteiger partial charge in [0.1, 0.15) is 0 Å². The minimum Gasteiger partial charge on any atom is -0.312 e. The van der Waals surface area contributed by atoms with E-state index in [1.807, 2.05) is 31.7 Å². The summed E-state index contributed by atoms with van der Waals surface area (Å²) in [5.41, 5.74) is 3.43. The molecule has 0 unspecified atom stereocenters. The lowest BCUT2D eigenvalue weighted by Gasteiger charge is -2.25. The average Bonchev–Trinajstić information content (AvgIpc) is 2.21. The van der Waals surface area contributed by atoms with Crippen LogP contribution in [-0.4, -0.2) is 12.5 Å². The summed E-state index contributed by atoms with van der Waals surface area (Å²) < 4.78 is 0.